The largest absolute Gasteiger partial charge is 0.352 e. The van der Waals surface area contributed by atoms with Crippen LogP contribution in [0.15, 0.2) is 30.6 Å². The summed E-state index contributed by atoms with van der Waals surface area (Å²) in [6.07, 6.45) is 7.38. The highest BCUT2D eigenvalue weighted by molar-refractivity contribution is 5.92. The third kappa shape index (κ3) is 4.87. The Morgan fingerprint density at radius 2 is 2.07 bits per heavy atom. The van der Waals surface area contributed by atoms with Crippen molar-refractivity contribution in [3.63, 3.8) is 0 Å². The second kappa shape index (κ2) is 9.38. The minimum absolute atomic E-state index is 0.00380. The van der Waals surface area contributed by atoms with Gasteiger partial charge in [-0.15, -0.1) is 0 Å². The number of hydrogen-bond donors (Lipinski definition) is 2. The molecule has 2 aromatic heterocycles. The number of aromatic nitrogens is 3. The summed E-state index contributed by atoms with van der Waals surface area (Å²) in [6.45, 7) is 5.74. The summed E-state index contributed by atoms with van der Waals surface area (Å²) in [5.41, 5.74) is 2.41. The smallest absolute Gasteiger partial charge is 0.274 e. The molecule has 2 fully saturated rings. The number of carbonyl (C=O) groups excluding carboxylic acids is 2. The van der Waals surface area contributed by atoms with Crippen LogP contribution in [-0.4, -0.2) is 69.0 Å². The fraction of sp³-hybridized carbons (Fsp3) is 0.545. The number of rotatable bonds is 5. The lowest BCUT2D eigenvalue weighted by Crippen LogP contribution is -2.51. The molecule has 0 unspecified atom stereocenters. The monoisotopic (exact) mass is 410 g/mol. The summed E-state index contributed by atoms with van der Waals surface area (Å²) < 4.78 is 0. The number of pyridine rings is 1. The third-order valence-corrected chi connectivity index (χ3v) is 6.21. The molecule has 2 aliphatic heterocycles. The molecule has 160 valence electrons. The zero-order chi connectivity index (χ0) is 20.9. The lowest BCUT2D eigenvalue weighted by molar-refractivity contribution is -0.127. The van der Waals surface area contributed by atoms with Crippen LogP contribution >= 0.6 is 0 Å². The Bertz CT molecular complexity index is 860. The molecule has 2 N–H and O–H groups in total. The highest BCUT2D eigenvalue weighted by Gasteiger charge is 2.33. The number of carbonyl (C=O) groups is 2. The van der Waals surface area contributed by atoms with E-state index in [1.54, 1.807) is 18.5 Å². The summed E-state index contributed by atoms with van der Waals surface area (Å²) >= 11 is 0. The maximum Gasteiger partial charge on any atom is 0.274 e. The lowest BCUT2D eigenvalue weighted by atomic mass is 9.93. The van der Waals surface area contributed by atoms with Gasteiger partial charge in [-0.2, -0.15) is 5.10 Å². The maximum absolute atomic E-state index is 12.7. The molecule has 0 saturated carbocycles. The van der Waals surface area contributed by atoms with Crippen LogP contribution < -0.4 is 5.32 Å². The number of nitrogens with zero attached hydrogens (tertiary/aromatic N) is 4. The van der Waals surface area contributed by atoms with Gasteiger partial charge in [0, 0.05) is 50.3 Å². The number of nitrogens with one attached hydrogen (secondary N) is 2. The predicted molar refractivity (Wildman–Crippen MR) is 113 cm³/mol. The molecular formula is C22H30N6O2. The van der Waals surface area contributed by atoms with Crippen molar-refractivity contribution in [2.24, 2.45) is 5.92 Å². The molecule has 1 atom stereocenters. The van der Waals surface area contributed by atoms with Gasteiger partial charge >= 0.3 is 0 Å². The molecule has 0 aromatic carbocycles. The Labute approximate surface area is 177 Å². The summed E-state index contributed by atoms with van der Waals surface area (Å²) in [5, 5.41) is 10.00. The average Bonchev–Trinajstić information content (AvgIpc) is 3.24. The van der Waals surface area contributed by atoms with Crippen molar-refractivity contribution in [1.82, 2.24) is 30.3 Å². The number of aryl methyl sites for hydroxylation is 1. The topological polar surface area (TPSA) is 94.2 Å². The van der Waals surface area contributed by atoms with Crippen LogP contribution in [0.3, 0.4) is 0 Å². The molecule has 2 amide bonds. The summed E-state index contributed by atoms with van der Waals surface area (Å²) in [7, 11) is 0. The molecule has 8 heteroatoms. The first-order valence-corrected chi connectivity index (χ1v) is 10.8. The normalized spacial score (nSPS) is 20.8. The number of piperidine rings is 2. The highest BCUT2D eigenvalue weighted by atomic mass is 16.2. The second-order valence-corrected chi connectivity index (χ2v) is 8.37. The van der Waals surface area contributed by atoms with Gasteiger partial charge < -0.3 is 10.2 Å². The number of hydrogen-bond acceptors (Lipinski definition) is 5. The lowest BCUT2D eigenvalue weighted by Gasteiger charge is -2.41. The Hall–Kier alpha value is -2.74. The van der Waals surface area contributed by atoms with E-state index in [0.717, 1.165) is 63.1 Å². The van der Waals surface area contributed by atoms with Crippen molar-refractivity contribution in [2.45, 2.75) is 45.2 Å². The van der Waals surface area contributed by atoms with E-state index in [1.807, 2.05) is 24.0 Å². The van der Waals surface area contributed by atoms with Crippen molar-refractivity contribution in [2.75, 3.05) is 26.2 Å². The van der Waals surface area contributed by atoms with Gasteiger partial charge in [-0.05, 0) is 56.8 Å². The molecule has 30 heavy (non-hydrogen) atoms. The van der Waals surface area contributed by atoms with Gasteiger partial charge in [0.15, 0.2) is 0 Å². The van der Waals surface area contributed by atoms with Gasteiger partial charge in [-0.1, -0.05) is 6.07 Å². The van der Waals surface area contributed by atoms with Gasteiger partial charge in [0.05, 0.1) is 5.92 Å². The van der Waals surface area contributed by atoms with Crippen LogP contribution in [-0.2, 0) is 11.3 Å². The first-order valence-electron chi connectivity index (χ1n) is 10.8. The molecule has 4 heterocycles. The number of likely N-dealkylation sites (tertiary alicyclic amines) is 2. The average molecular weight is 411 g/mol. The molecule has 8 nitrogen and oxygen atoms in total. The van der Waals surface area contributed by atoms with E-state index >= 15 is 0 Å². The van der Waals surface area contributed by atoms with Gasteiger partial charge in [-0.3, -0.25) is 24.6 Å². The Kier molecular flexibility index (Phi) is 6.42. The SMILES string of the molecule is Cc1cc(C(=O)N2CCC(N3CCC[C@H](C(=O)NCc4cccnc4)C3)CC2)n[nH]1. The van der Waals surface area contributed by atoms with Gasteiger partial charge in [0.25, 0.3) is 5.91 Å². The van der Waals surface area contributed by atoms with E-state index < -0.39 is 0 Å². The zero-order valence-electron chi connectivity index (χ0n) is 17.5. The summed E-state index contributed by atoms with van der Waals surface area (Å²) in [6, 6.07) is 6.09. The second-order valence-electron chi connectivity index (χ2n) is 8.37. The maximum atomic E-state index is 12.7. The molecule has 0 bridgehead atoms. The van der Waals surface area contributed by atoms with Gasteiger partial charge in [0.2, 0.25) is 5.91 Å². The van der Waals surface area contributed by atoms with E-state index in [1.165, 1.54) is 0 Å². The molecule has 0 aliphatic carbocycles. The van der Waals surface area contributed by atoms with Crippen molar-refractivity contribution < 1.29 is 9.59 Å². The van der Waals surface area contributed by atoms with E-state index in [4.69, 9.17) is 0 Å². The highest BCUT2D eigenvalue weighted by Crippen LogP contribution is 2.24. The van der Waals surface area contributed by atoms with Crippen LogP contribution in [0.5, 0.6) is 0 Å². The summed E-state index contributed by atoms with van der Waals surface area (Å²) in [5.74, 6) is 0.163. The van der Waals surface area contributed by atoms with Crippen molar-refractivity contribution in [3.8, 4) is 0 Å². The fourth-order valence-electron chi connectivity index (χ4n) is 4.51. The fourth-order valence-corrected chi connectivity index (χ4v) is 4.51. The van der Waals surface area contributed by atoms with E-state index in [2.05, 4.69) is 25.4 Å². The molecular weight excluding hydrogens is 380 g/mol. The minimum atomic E-state index is 0.00380. The molecule has 2 saturated heterocycles. The van der Waals surface area contributed by atoms with Crippen LogP contribution in [0.2, 0.25) is 0 Å². The molecule has 0 radical (unpaired) electrons. The quantitative estimate of drug-likeness (QED) is 0.783. The van der Waals surface area contributed by atoms with Gasteiger partial charge in [0.1, 0.15) is 5.69 Å². The van der Waals surface area contributed by atoms with Crippen molar-refractivity contribution in [3.05, 3.63) is 47.5 Å². The first kappa shape index (κ1) is 20.5. The minimum Gasteiger partial charge on any atom is -0.352 e. The van der Waals surface area contributed by atoms with Crippen LogP contribution in [0.25, 0.3) is 0 Å². The number of H-pyrrole nitrogens is 1. The number of aromatic amines is 1. The van der Waals surface area contributed by atoms with E-state index in [0.29, 0.717) is 18.3 Å². The van der Waals surface area contributed by atoms with Crippen LogP contribution in [0.4, 0.5) is 0 Å². The number of amides is 2. The molecule has 2 aliphatic rings. The molecule has 4 rings (SSSR count). The van der Waals surface area contributed by atoms with E-state index in [9.17, 15) is 9.59 Å². The molecule has 2 aromatic rings. The summed E-state index contributed by atoms with van der Waals surface area (Å²) in [4.78, 5) is 33.7. The third-order valence-electron chi connectivity index (χ3n) is 6.21. The zero-order valence-corrected chi connectivity index (χ0v) is 17.5. The Balaban J connectivity index is 1.26. The first-order chi connectivity index (χ1) is 14.6. The van der Waals surface area contributed by atoms with Crippen LogP contribution in [0, 0.1) is 12.8 Å². The van der Waals surface area contributed by atoms with Gasteiger partial charge in [-0.25, -0.2) is 0 Å². The predicted octanol–water partition coefficient (Wildman–Crippen LogP) is 1.75. The van der Waals surface area contributed by atoms with Crippen molar-refractivity contribution >= 4 is 11.8 Å². The van der Waals surface area contributed by atoms with Crippen LogP contribution in [0.1, 0.15) is 47.4 Å². The van der Waals surface area contributed by atoms with E-state index in [-0.39, 0.29) is 17.7 Å². The standard InChI is InChI=1S/C22H30N6O2/c1-16-12-20(26-25-16)22(30)27-10-6-19(7-11-27)28-9-3-5-18(15-28)21(29)24-14-17-4-2-8-23-13-17/h2,4,8,12-13,18-19H,3,5-7,9-11,14-15H2,1H3,(H,24,29)(H,25,26)/t18-/m0/s1. The Morgan fingerprint density at radius 3 is 2.77 bits per heavy atom. The Morgan fingerprint density at radius 1 is 1.23 bits per heavy atom. The van der Waals surface area contributed by atoms with Crippen molar-refractivity contribution in [1.29, 1.82) is 0 Å². The molecule has 0 spiro atoms.